The van der Waals surface area contributed by atoms with Crippen LogP contribution in [0.5, 0.6) is 5.75 Å². The highest BCUT2D eigenvalue weighted by Crippen LogP contribution is 2.36. The molecule has 2 N–H and O–H groups in total. The van der Waals surface area contributed by atoms with Crippen LogP contribution in [0, 0.1) is 13.8 Å². The SMILES string of the molecule is COc1cc2nn(-c3cc(C)c(Br)cc3C)nc2c(Br)c1N. The minimum Gasteiger partial charge on any atom is -0.494 e. The molecule has 0 atom stereocenters. The Hall–Kier alpha value is -1.60. The first-order valence-corrected chi connectivity index (χ1v) is 8.17. The molecule has 0 bridgehead atoms. The lowest BCUT2D eigenvalue weighted by Crippen LogP contribution is -2.02. The molecule has 0 spiro atoms. The number of nitrogens with zero attached hydrogens (tertiary/aromatic N) is 3. The number of aryl methyl sites for hydroxylation is 2. The van der Waals surface area contributed by atoms with Crippen molar-refractivity contribution >= 4 is 48.6 Å². The summed E-state index contributed by atoms with van der Waals surface area (Å²) in [5.41, 5.74) is 11.1. The number of halogens is 2. The molecule has 0 fully saturated rings. The molecule has 1 heterocycles. The second kappa shape index (κ2) is 5.55. The van der Waals surface area contributed by atoms with Crippen LogP contribution in [0.25, 0.3) is 16.7 Å². The standard InChI is InChI=1S/C15H14Br2N4O/c1-7-5-11(8(2)4-9(7)16)21-19-10-6-12(22-3)14(18)13(17)15(10)20-21/h4-6H,18H2,1-3H3. The van der Waals surface area contributed by atoms with E-state index in [0.29, 0.717) is 21.4 Å². The van der Waals surface area contributed by atoms with Gasteiger partial charge < -0.3 is 10.5 Å². The maximum Gasteiger partial charge on any atom is 0.145 e. The topological polar surface area (TPSA) is 66.0 Å². The van der Waals surface area contributed by atoms with E-state index in [1.807, 2.05) is 19.9 Å². The fourth-order valence-electron chi connectivity index (χ4n) is 2.27. The molecular formula is C15H14Br2N4O. The van der Waals surface area contributed by atoms with Crippen molar-refractivity contribution in [3.8, 4) is 11.4 Å². The third-order valence-electron chi connectivity index (χ3n) is 3.53. The van der Waals surface area contributed by atoms with Gasteiger partial charge in [0, 0.05) is 10.5 Å². The summed E-state index contributed by atoms with van der Waals surface area (Å²) in [6.45, 7) is 4.06. The van der Waals surface area contributed by atoms with Crippen molar-refractivity contribution < 1.29 is 4.74 Å². The number of hydrogen-bond acceptors (Lipinski definition) is 4. The Balaban J connectivity index is 2.26. The lowest BCUT2D eigenvalue weighted by atomic mass is 10.1. The molecule has 5 nitrogen and oxygen atoms in total. The number of benzene rings is 2. The van der Waals surface area contributed by atoms with Crippen molar-refractivity contribution in [1.82, 2.24) is 15.0 Å². The van der Waals surface area contributed by atoms with Gasteiger partial charge in [-0.15, -0.1) is 10.2 Å². The summed E-state index contributed by atoms with van der Waals surface area (Å²) in [5, 5.41) is 9.11. The fourth-order valence-corrected chi connectivity index (χ4v) is 3.20. The summed E-state index contributed by atoms with van der Waals surface area (Å²) in [6, 6.07) is 5.90. The largest absolute Gasteiger partial charge is 0.494 e. The molecular weight excluding hydrogens is 412 g/mol. The van der Waals surface area contributed by atoms with Crippen molar-refractivity contribution in [3.63, 3.8) is 0 Å². The van der Waals surface area contributed by atoms with Gasteiger partial charge in [0.15, 0.2) is 0 Å². The zero-order valence-electron chi connectivity index (χ0n) is 12.3. The van der Waals surface area contributed by atoms with Gasteiger partial charge in [-0.1, -0.05) is 15.9 Å². The molecule has 3 rings (SSSR count). The van der Waals surface area contributed by atoms with Crippen LogP contribution >= 0.6 is 31.9 Å². The van der Waals surface area contributed by atoms with Crippen LogP contribution < -0.4 is 10.5 Å². The van der Waals surface area contributed by atoms with Gasteiger partial charge in [0.25, 0.3) is 0 Å². The van der Waals surface area contributed by atoms with Gasteiger partial charge in [0.1, 0.15) is 16.8 Å². The van der Waals surface area contributed by atoms with Crippen LogP contribution in [0.2, 0.25) is 0 Å². The van der Waals surface area contributed by atoms with Crippen LogP contribution in [0.15, 0.2) is 27.1 Å². The third-order valence-corrected chi connectivity index (χ3v) is 5.19. The summed E-state index contributed by atoms with van der Waals surface area (Å²) in [4.78, 5) is 1.63. The summed E-state index contributed by atoms with van der Waals surface area (Å²) in [6.07, 6.45) is 0. The first kappa shape index (κ1) is 15.3. The molecule has 0 radical (unpaired) electrons. The van der Waals surface area contributed by atoms with Crippen LogP contribution in [0.4, 0.5) is 5.69 Å². The quantitative estimate of drug-likeness (QED) is 0.626. The van der Waals surface area contributed by atoms with Gasteiger partial charge in [0.05, 0.1) is 23.0 Å². The molecule has 3 aromatic rings. The number of rotatable bonds is 2. The second-order valence-electron chi connectivity index (χ2n) is 5.05. The van der Waals surface area contributed by atoms with Crippen molar-refractivity contribution in [3.05, 3.63) is 38.3 Å². The number of nitrogens with two attached hydrogens (primary N) is 1. The highest BCUT2D eigenvalue weighted by atomic mass is 79.9. The molecule has 0 aliphatic carbocycles. The van der Waals surface area contributed by atoms with Gasteiger partial charge >= 0.3 is 0 Å². The van der Waals surface area contributed by atoms with Crippen molar-refractivity contribution in [2.45, 2.75) is 13.8 Å². The Morgan fingerprint density at radius 1 is 1.09 bits per heavy atom. The zero-order valence-corrected chi connectivity index (χ0v) is 15.5. The van der Waals surface area contributed by atoms with E-state index in [2.05, 4.69) is 48.1 Å². The average molecular weight is 426 g/mol. The number of aromatic nitrogens is 3. The van der Waals surface area contributed by atoms with E-state index in [0.717, 1.165) is 26.8 Å². The van der Waals surface area contributed by atoms with Crippen molar-refractivity contribution in [2.24, 2.45) is 0 Å². The van der Waals surface area contributed by atoms with Crippen molar-refractivity contribution in [2.75, 3.05) is 12.8 Å². The van der Waals surface area contributed by atoms with Gasteiger partial charge in [-0.2, -0.15) is 4.80 Å². The number of anilines is 1. The molecule has 2 aromatic carbocycles. The van der Waals surface area contributed by atoms with E-state index in [4.69, 9.17) is 10.5 Å². The van der Waals surface area contributed by atoms with Gasteiger partial charge in [0.2, 0.25) is 0 Å². The first-order chi connectivity index (χ1) is 10.4. The maximum atomic E-state index is 6.03. The molecule has 0 saturated carbocycles. The van der Waals surface area contributed by atoms with E-state index in [9.17, 15) is 0 Å². The Morgan fingerprint density at radius 3 is 2.50 bits per heavy atom. The summed E-state index contributed by atoms with van der Waals surface area (Å²) < 4.78 is 7.03. The minimum atomic E-state index is 0.519. The molecule has 0 aliphatic rings. The zero-order chi connectivity index (χ0) is 16.0. The van der Waals surface area contributed by atoms with E-state index in [1.165, 1.54) is 0 Å². The molecule has 0 amide bonds. The molecule has 1 aromatic heterocycles. The summed E-state index contributed by atoms with van der Waals surface area (Å²) >= 11 is 7.01. The predicted octanol–water partition coefficient (Wildman–Crippen LogP) is 4.15. The Bertz CT molecular complexity index is 889. The Labute approximate surface area is 144 Å². The average Bonchev–Trinajstić information content (AvgIpc) is 2.90. The molecule has 0 saturated heterocycles. The van der Waals surface area contributed by atoms with Gasteiger partial charge in [-0.05, 0) is 53.0 Å². The van der Waals surface area contributed by atoms with E-state index < -0.39 is 0 Å². The summed E-state index contributed by atoms with van der Waals surface area (Å²) in [5.74, 6) is 0.579. The highest BCUT2D eigenvalue weighted by molar-refractivity contribution is 9.11. The smallest absolute Gasteiger partial charge is 0.145 e. The van der Waals surface area contributed by atoms with Crippen molar-refractivity contribution in [1.29, 1.82) is 0 Å². The number of hydrogen-bond donors (Lipinski definition) is 1. The number of fused-ring (bicyclic) bond motifs is 1. The van der Waals surface area contributed by atoms with Crippen LogP contribution in [-0.4, -0.2) is 22.1 Å². The highest BCUT2D eigenvalue weighted by Gasteiger charge is 2.16. The van der Waals surface area contributed by atoms with Gasteiger partial charge in [-0.25, -0.2) is 0 Å². The number of methoxy groups -OCH3 is 1. The first-order valence-electron chi connectivity index (χ1n) is 6.58. The monoisotopic (exact) mass is 424 g/mol. The Morgan fingerprint density at radius 2 is 1.82 bits per heavy atom. The second-order valence-corrected chi connectivity index (χ2v) is 6.70. The number of nitrogen functional groups attached to an aromatic ring is 1. The summed E-state index contributed by atoms with van der Waals surface area (Å²) in [7, 11) is 1.58. The maximum absolute atomic E-state index is 6.03. The number of ether oxygens (including phenoxy) is 1. The lowest BCUT2D eigenvalue weighted by molar-refractivity contribution is 0.417. The van der Waals surface area contributed by atoms with Crippen LogP contribution in [0.3, 0.4) is 0 Å². The molecule has 7 heteroatoms. The van der Waals surface area contributed by atoms with Gasteiger partial charge in [-0.3, -0.25) is 0 Å². The normalized spacial score (nSPS) is 11.1. The Kier molecular flexibility index (Phi) is 3.86. The predicted molar refractivity (Wildman–Crippen MR) is 94.7 cm³/mol. The molecule has 0 unspecified atom stereocenters. The molecule has 22 heavy (non-hydrogen) atoms. The van der Waals surface area contributed by atoms with E-state index >= 15 is 0 Å². The van der Waals surface area contributed by atoms with E-state index in [1.54, 1.807) is 18.0 Å². The van der Waals surface area contributed by atoms with E-state index in [-0.39, 0.29) is 0 Å². The fraction of sp³-hybridized carbons (Fsp3) is 0.200. The third kappa shape index (κ3) is 2.38. The molecule has 0 aliphatic heterocycles. The van der Waals surface area contributed by atoms with Crippen LogP contribution in [-0.2, 0) is 0 Å². The molecule has 114 valence electrons. The lowest BCUT2D eigenvalue weighted by Gasteiger charge is -2.07. The van der Waals surface area contributed by atoms with Crippen LogP contribution in [0.1, 0.15) is 11.1 Å². The minimum absolute atomic E-state index is 0.519.